The lowest BCUT2D eigenvalue weighted by atomic mass is 10.2. The summed E-state index contributed by atoms with van der Waals surface area (Å²) in [5, 5.41) is 5.05. The molecule has 0 radical (unpaired) electrons. The van der Waals surface area contributed by atoms with Crippen LogP contribution in [0.2, 0.25) is 0 Å². The van der Waals surface area contributed by atoms with Gasteiger partial charge in [0.1, 0.15) is 11.8 Å². The van der Waals surface area contributed by atoms with Crippen molar-refractivity contribution in [1.82, 2.24) is 10.2 Å². The maximum atomic E-state index is 12.4. The van der Waals surface area contributed by atoms with Gasteiger partial charge in [-0.2, -0.15) is 0 Å². The van der Waals surface area contributed by atoms with Crippen molar-refractivity contribution in [2.24, 2.45) is 0 Å². The van der Waals surface area contributed by atoms with Crippen LogP contribution in [-0.4, -0.2) is 61.4 Å². The molecule has 1 aromatic carbocycles. The number of rotatable bonds is 8. The van der Waals surface area contributed by atoms with Gasteiger partial charge in [-0.05, 0) is 49.6 Å². The third-order valence-corrected chi connectivity index (χ3v) is 4.94. The number of methoxy groups -OCH3 is 1. The Balaban J connectivity index is 1.44. The Labute approximate surface area is 184 Å². The Morgan fingerprint density at radius 3 is 2.72 bits per heavy atom. The molecule has 1 atom stereocenters. The van der Waals surface area contributed by atoms with E-state index in [1.54, 1.807) is 18.2 Å². The zero-order valence-electron chi connectivity index (χ0n) is 17.9. The van der Waals surface area contributed by atoms with Gasteiger partial charge in [0.2, 0.25) is 5.91 Å². The molecule has 170 valence electrons. The molecule has 1 aliphatic heterocycles. The van der Waals surface area contributed by atoms with Gasteiger partial charge in [0.25, 0.3) is 11.8 Å². The lowest BCUT2D eigenvalue weighted by molar-refractivity contribution is -0.152. The van der Waals surface area contributed by atoms with Crippen LogP contribution in [0.3, 0.4) is 0 Å². The van der Waals surface area contributed by atoms with Gasteiger partial charge in [-0.25, -0.2) is 4.79 Å². The second-order valence-corrected chi connectivity index (χ2v) is 7.27. The molecule has 32 heavy (non-hydrogen) atoms. The molecule has 3 amide bonds. The molecule has 3 rings (SSSR count). The first-order chi connectivity index (χ1) is 15.4. The number of amides is 3. The van der Waals surface area contributed by atoms with E-state index in [1.807, 2.05) is 13.0 Å². The van der Waals surface area contributed by atoms with Gasteiger partial charge < -0.3 is 29.4 Å². The second-order valence-electron chi connectivity index (χ2n) is 7.27. The number of esters is 1. The third kappa shape index (κ3) is 5.65. The van der Waals surface area contributed by atoms with Crippen molar-refractivity contribution in [3.63, 3.8) is 0 Å². The molecule has 0 aliphatic carbocycles. The summed E-state index contributed by atoms with van der Waals surface area (Å²) in [6, 6.07) is 7.65. The van der Waals surface area contributed by atoms with Gasteiger partial charge >= 0.3 is 5.97 Å². The molecule has 10 nitrogen and oxygen atoms in total. The Bertz CT molecular complexity index is 987. The summed E-state index contributed by atoms with van der Waals surface area (Å²) in [5.74, 6) is -1.53. The normalized spacial score (nSPS) is 15.2. The number of anilines is 1. The van der Waals surface area contributed by atoms with Crippen LogP contribution in [0.5, 0.6) is 5.75 Å². The van der Waals surface area contributed by atoms with Crippen molar-refractivity contribution in [2.75, 3.05) is 32.1 Å². The van der Waals surface area contributed by atoms with E-state index in [0.717, 1.165) is 5.56 Å². The number of carbonyl (C=O) groups excluding carboxylic acids is 4. The van der Waals surface area contributed by atoms with Gasteiger partial charge in [-0.15, -0.1) is 0 Å². The van der Waals surface area contributed by atoms with Crippen LogP contribution in [0.1, 0.15) is 29.0 Å². The van der Waals surface area contributed by atoms with E-state index >= 15 is 0 Å². The fourth-order valence-electron chi connectivity index (χ4n) is 3.37. The maximum absolute atomic E-state index is 12.4. The summed E-state index contributed by atoms with van der Waals surface area (Å²) >= 11 is 0. The fraction of sp³-hybridized carbons (Fsp3) is 0.364. The summed E-state index contributed by atoms with van der Waals surface area (Å²) in [6.07, 6.45) is 2.46. The summed E-state index contributed by atoms with van der Waals surface area (Å²) in [4.78, 5) is 50.4. The van der Waals surface area contributed by atoms with Crippen LogP contribution >= 0.6 is 0 Å². The van der Waals surface area contributed by atoms with Crippen LogP contribution < -0.4 is 15.4 Å². The SMILES string of the molecule is COc1ccc(C)cc1NC(=O)CNC(=O)COC(=O)[C@@H]1CCCN1C(=O)c1ccco1. The number of likely N-dealkylation sites (tertiary alicyclic amines) is 1. The third-order valence-electron chi connectivity index (χ3n) is 4.94. The minimum atomic E-state index is -0.780. The lowest BCUT2D eigenvalue weighted by Crippen LogP contribution is -2.42. The zero-order chi connectivity index (χ0) is 23.1. The van der Waals surface area contributed by atoms with Gasteiger partial charge in [0, 0.05) is 6.54 Å². The molecule has 2 aromatic rings. The van der Waals surface area contributed by atoms with E-state index in [4.69, 9.17) is 13.9 Å². The lowest BCUT2D eigenvalue weighted by Gasteiger charge is -2.22. The van der Waals surface area contributed by atoms with Crippen molar-refractivity contribution >= 4 is 29.4 Å². The number of nitrogens with zero attached hydrogens (tertiary/aromatic N) is 1. The quantitative estimate of drug-likeness (QED) is 0.592. The van der Waals surface area contributed by atoms with Crippen LogP contribution in [0.4, 0.5) is 5.69 Å². The molecule has 1 saturated heterocycles. The van der Waals surface area contributed by atoms with Crippen molar-refractivity contribution in [3.05, 3.63) is 47.9 Å². The molecule has 1 aliphatic rings. The highest BCUT2D eigenvalue weighted by molar-refractivity contribution is 5.97. The average Bonchev–Trinajstić information content (AvgIpc) is 3.48. The van der Waals surface area contributed by atoms with Gasteiger partial charge in [-0.3, -0.25) is 14.4 Å². The zero-order valence-corrected chi connectivity index (χ0v) is 17.9. The Morgan fingerprint density at radius 2 is 2.00 bits per heavy atom. The molecule has 0 spiro atoms. The Hall–Kier alpha value is -3.82. The molecule has 0 saturated carbocycles. The highest BCUT2D eigenvalue weighted by Gasteiger charge is 2.36. The standard InChI is InChI=1S/C22H25N3O7/c1-14-7-8-17(30-2)15(11-14)24-19(26)12-23-20(27)13-32-22(29)16-5-3-9-25(16)21(28)18-6-4-10-31-18/h4,6-8,10-11,16H,3,5,9,12-13H2,1-2H3,(H,23,27)(H,24,26)/t16-/m0/s1. The van der Waals surface area contributed by atoms with E-state index in [0.29, 0.717) is 30.8 Å². The number of hydrogen-bond donors (Lipinski definition) is 2. The highest BCUT2D eigenvalue weighted by atomic mass is 16.5. The summed E-state index contributed by atoms with van der Waals surface area (Å²) in [5.41, 5.74) is 1.42. The minimum absolute atomic E-state index is 0.138. The van der Waals surface area contributed by atoms with E-state index in [1.165, 1.54) is 24.3 Å². The number of nitrogens with one attached hydrogen (secondary N) is 2. The number of ether oxygens (including phenoxy) is 2. The fourth-order valence-corrected chi connectivity index (χ4v) is 3.37. The van der Waals surface area contributed by atoms with Gasteiger partial charge in [-0.1, -0.05) is 6.07 Å². The molecule has 10 heteroatoms. The van der Waals surface area contributed by atoms with E-state index in [9.17, 15) is 19.2 Å². The van der Waals surface area contributed by atoms with E-state index < -0.39 is 36.3 Å². The number of hydrogen-bond acceptors (Lipinski definition) is 7. The molecule has 1 aromatic heterocycles. The molecule has 0 bridgehead atoms. The summed E-state index contributed by atoms with van der Waals surface area (Å²) in [7, 11) is 1.49. The number of carbonyl (C=O) groups is 4. The second kappa shape index (κ2) is 10.5. The van der Waals surface area contributed by atoms with Crippen LogP contribution in [-0.2, 0) is 19.1 Å². The van der Waals surface area contributed by atoms with Crippen LogP contribution in [0.25, 0.3) is 0 Å². The average molecular weight is 443 g/mol. The predicted molar refractivity (Wildman–Crippen MR) is 113 cm³/mol. The number of furan rings is 1. The Kier molecular flexibility index (Phi) is 7.48. The van der Waals surface area contributed by atoms with Crippen molar-refractivity contribution in [1.29, 1.82) is 0 Å². The molecular formula is C22H25N3O7. The van der Waals surface area contributed by atoms with Crippen molar-refractivity contribution in [2.45, 2.75) is 25.8 Å². The van der Waals surface area contributed by atoms with Crippen molar-refractivity contribution < 1.29 is 33.1 Å². The molecular weight excluding hydrogens is 418 g/mol. The topological polar surface area (TPSA) is 127 Å². The molecule has 0 unspecified atom stereocenters. The van der Waals surface area contributed by atoms with E-state index in [-0.39, 0.29) is 12.3 Å². The monoisotopic (exact) mass is 443 g/mol. The van der Waals surface area contributed by atoms with E-state index in [2.05, 4.69) is 10.6 Å². The first-order valence-electron chi connectivity index (χ1n) is 10.1. The summed E-state index contributed by atoms with van der Waals surface area (Å²) < 4.78 is 15.4. The Morgan fingerprint density at radius 1 is 1.19 bits per heavy atom. The van der Waals surface area contributed by atoms with Crippen LogP contribution in [0.15, 0.2) is 41.0 Å². The van der Waals surface area contributed by atoms with Crippen LogP contribution in [0, 0.1) is 6.92 Å². The predicted octanol–water partition coefficient (Wildman–Crippen LogP) is 1.50. The number of benzene rings is 1. The molecule has 1 fully saturated rings. The molecule has 2 heterocycles. The van der Waals surface area contributed by atoms with Crippen molar-refractivity contribution in [3.8, 4) is 5.75 Å². The van der Waals surface area contributed by atoms with Gasteiger partial charge in [0.15, 0.2) is 12.4 Å². The highest BCUT2D eigenvalue weighted by Crippen LogP contribution is 2.25. The first kappa shape index (κ1) is 22.9. The summed E-state index contributed by atoms with van der Waals surface area (Å²) in [6.45, 7) is 1.41. The molecule has 2 N–H and O–H groups in total. The first-order valence-corrected chi connectivity index (χ1v) is 10.1. The number of aryl methyl sites for hydroxylation is 1. The maximum Gasteiger partial charge on any atom is 0.329 e. The van der Waals surface area contributed by atoms with Gasteiger partial charge in [0.05, 0.1) is 25.6 Å². The minimum Gasteiger partial charge on any atom is -0.495 e. The largest absolute Gasteiger partial charge is 0.495 e. The smallest absolute Gasteiger partial charge is 0.329 e.